The Morgan fingerprint density at radius 3 is 2.84 bits per heavy atom. The van der Waals surface area contributed by atoms with Crippen molar-refractivity contribution >= 4 is 29.0 Å². The molecule has 0 fully saturated rings. The number of aromatic nitrogens is 1. The van der Waals surface area contributed by atoms with Crippen LogP contribution in [0, 0.1) is 0 Å². The van der Waals surface area contributed by atoms with E-state index in [1.54, 1.807) is 12.3 Å². The summed E-state index contributed by atoms with van der Waals surface area (Å²) in [7, 11) is 0. The summed E-state index contributed by atoms with van der Waals surface area (Å²) in [4.78, 5) is 4.22. The van der Waals surface area contributed by atoms with Gasteiger partial charge >= 0.3 is 0 Å². The Kier molecular flexibility index (Phi) is 3.35. The zero-order chi connectivity index (χ0) is 13.4. The van der Waals surface area contributed by atoms with E-state index in [2.05, 4.69) is 22.4 Å². The number of nitrogens with zero attached hydrogens (tertiary/aromatic N) is 1. The van der Waals surface area contributed by atoms with Gasteiger partial charge in [0.1, 0.15) is 5.82 Å². The zero-order valence-electron chi connectivity index (χ0n) is 10.1. The van der Waals surface area contributed by atoms with Gasteiger partial charge in [0.25, 0.3) is 0 Å². The van der Waals surface area contributed by atoms with E-state index in [-0.39, 0.29) is 12.1 Å². The Morgan fingerprint density at radius 2 is 2.05 bits per heavy atom. The molecule has 1 aliphatic carbocycles. The minimum Gasteiger partial charge on any atom is -0.360 e. The maximum atomic E-state index is 6.20. The highest BCUT2D eigenvalue weighted by atomic mass is 35.5. The minimum absolute atomic E-state index is 0.0194. The standard InChI is InChI=1S/C14H13Cl2N3/c15-9-6-11(16)14(18-7-9)19-13-10-4-2-1-3-8(10)5-12(13)17/h1-4,6-7,12-13H,5,17H2,(H,18,19). The number of hydrogen-bond donors (Lipinski definition) is 2. The largest absolute Gasteiger partial charge is 0.360 e. The number of halogens is 2. The van der Waals surface area contributed by atoms with Crippen molar-refractivity contribution in [1.29, 1.82) is 0 Å². The number of fused-ring (bicyclic) bond motifs is 1. The van der Waals surface area contributed by atoms with E-state index >= 15 is 0 Å². The highest BCUT2D eigenvalue weighted by molar-refractivity contribution is 6.35. The summed E-state index contributed by atoms with van der Waals surface area (Å²) in [6.07, 6.45) is 2.43. The summed E-state index contributed by atoms with van der Waals surface area (Å²) in [5.74, 6) is 0.614. The first kappa shape index (κ1) is 12.7. The lowest BCUT2D eigenvalue weighted by Crippen LogP contribution is -2.30. The van der Waals surface area contributed by atoms with Crippen LogP contribution in [0.15, 0.2) is 36.5 Å². The van der Waals surface area contributed by atoms with Crippen molar-refractivity contribution in [3.05, 3.63) is 57.7 Å². The van der Waals surface area contributed by atoms with E-state index in [4.69, 9.17) is 28.9 Å². The summed E-state index contributed by atoms with van der Waals surface area (Å²) >= 11 is 12.0. The summed E-state index contributed by atoms with van der Waals surface area (Å²) < 4.78 is 0. The molecule has 2 aromatic rings. The van der Waals surface area contributed by atoms with E-state index in [9.17, 15) is 0 Å². The van der Waals surface area contributed by atoms with Crippen LogP contribution in [-0.4, -0.2) is 11.0 Å². The van der Waals surface area contributed by atoms with E-state index in [0.29, 0.717) is 15.9 Å². The lowest BCUT2D eigenvalue weighted by molar-refractivity contribution is 0.624. The first-order chi connectivity index (χ1) is 9.15. The molecule has 0 spiro atoms. The number of nitrogens with one attached hydrogen (secondary N) is 1. The van der Waals surface area contributed by atoms with Crippen LogP contribution in [0.4, 0.5) is 5.82 Å². The predicted molar refractivity (Wildman–Crippen MR) is 78.7 cm³/mol. The molecule has 98 valence electrons. The molecule has 3 nitrogen and oxygen atoms in total. The van der Waals surface area contributed by atoms with Crippen molar-refractivity contribution in [2.45, 2.75) is 18.5 Å². The fourth-order valence-corrected chi connectivity index (χ4v) is 2.91. The fraction of sp³-hybridized carbons (Fsp3) is 0.214. The molecule has 0 amide bonds. The molecule has 0 saturated heterocycles. The predicted octanol–water partition coefficient (Wildman–Crippen LogP) is 3.43. The quantitative estimate of drug-likeness (QED) is 0.892. The van der Waals surface area contributed by atoms with E-state index in [1.165, 1.54) is 11.1 Å². The number of nitrogens with two attached hydrogens (primary N) is 1. The summed E-state index contributed by atoms with van der Waals surface area (Å²) in [6.45, 7) is 0. The molecule has 1 heterocycles. The smallest absolute Gasteiger partial charge is 0.145 e. The van der Waals surface area contributed by atoms with Gasteiger partial charge in [-0.3, -0.25) is 0 Å². The van der Waals surface area contributed by atoms with Crippen molar-refractivity contribution in [2.24, 2.45) is 5.73 Å². The highest BCUT2D eigenvalue weighted by Crippen LogP contribution is 2.34. The summed E-state index contributed by atoms with van der Waals surface area (Å²) in [5, 5.41) is 4.34. The SMILES string of the molecule is NC1Cc2ccccc2C1Nc1ncc(Cl)cc1Cl. The van der Waals surface area contributed by atoms with Gasteiger partial charge < -0.3 is 11.1 Å². The van der Waals surface area contributed by atoms with Gasteiger partial charge in [0.15, 0.2) is 0 Å². The third-order valence-electron chi connectivity index (χ3n) is 3.37. The maximum Gasteiger partial charge on any atom is 0.145 e. The molecule has 5 heteroatoms. The molecule has 0 bridgehead atoms. The molecule has 19 heavy (non-hydrogen) atoms. The first-order valence-electron chi connectivity index (χ1n) is 6.06. The van der Waals surface area contributed by atoms with Crippen molar-refractivity contribution in [1.82, 2.24) is 4.98 Å². The molecule has 0 aliphatic heterocycles. The maximum absolute atomic E-state index is 6.20. The molecule has 1 aliphatic rings. The van der Waals surface area contributed by atoms with Gasteiger partial charge in [0.05, 0.1) is 16.1 Å². The Labute approximate surface area is 121 Å². The number of pyridine rings is 1. The Hall–Kier alpha value is -1.29. The topological polar surface area (TPSA) is 50.9 Å². The second-order valence-electron chi connectivity index (χ2n) is 4.67. The summed E-state index contributed by atoms with van der Waals surface area (Å²) in [6, 6.07) is 9.96. The molecule has 3 rings (SSSR count). The number of benzene rings is 1. The third-order valence-corrected chi connectivity index (χ3v) is 3.87. The first-order valence-corrected chi connectivity index (χ1v) is 6.81. The molecule has 0 radical (unpaired) electrons. The van der Waals surface area contributed by atoms with Gasteiger partial charge in [0, 0.05) is 12.2 Å². The number of rotatable bonds is 2. The zero-order valence-corrected chi connectivity index (χ0v) is 11.6. The van der Waals surface area contributed by atoms with Crippen LogP contribution in [-0.2, 0) is 6.42 Å². The lowest BCUT2D eigenvalue weighted by Gasteiger charge is -2.20. The van der Waals surface area contributed by atoms with Gasteiger partial charge in [0.2, 0.25) is 0 Å². The third kappa shape index (κ3) is 2.41. The fourth-order valence-electron chi connectivity index (χ4n) is 2.48. The molecular formula is C14H13Cl2N3. The van der Waals surface area contributed by atoms with Crippen LogP contribution in [0.1, 0.15) is 17.2 Å². The number of anilines is 1. The van der Waals surface area contributed by atoms with E-state index in [0.717, 1.165) is 6.42 Å². The molecule has 2 atom stereocenters. The molecule has 0 saturated carbocycles. The lowest BCUT2D eigenvalue weighted by atomic mass is 10.1. The normalized spacial score (nSPS) is 21.2. The van der Waals surface area contributed by atoms with Gasteiger partial charge in [-0.15, -0.1) is 0 Å². The van der Waals surface area contributed by atoms with Crippen molar-refractivity contribution < 1.29 is 0 Å². The van der Waals surface area contributed by atoms with Crippen molar-refractivity contribution in [3.63, 3.8) is 0 Å². The van der Waals surface area contributed by atoms with Crippen LogP contribution in [0.5, 0.6) is 0 Å². The molecular weight excluding hydrogens is 281 g/mol. The second-order valence-corrected chi connectivity index (χ2v) is 5.52. The van der Waals surface area contributed by atoms with Crippen molar-refractivity contribution in [3.8, 4) is 0 Å². The van der Waals surface area contributed by atoms with Gasteiger partial charge in [-0.2, -0.15) is 0 Å². The highest BCUT2D eigenvalue weighted by Gasteiger charge is 2.30. The van der Waals surface area contributed by atoms with Crippen molar-refractivity contribution in [2.75, 3.05) is 5.32 Å². The molecule has 1 aromatic carbocycles. The summed E-state index contributed by atoms with van der Waals surface area (Å²) in [5.41, 5.74) is 8.68. The Morgan fingerprint density at radius 1 is 1.26 bits per heavy atom. The second kappa shape index (κ2) is 5.00. The van der Waals surface area contributed by atoms with Gasteiger partial charge in [-0.25, -0.2) is 4.98 Å². The number of hydrogen-bond acceptors (Lipinski definition) is 3. The van der Waals surface area contributed by atoms with Gasteiger partial charge in [-0.05, 0) is 23.6 Å². The molecule has 2 unspecified atom stereocenters. The van der Waals surface area contributed by atoms with Crippen LogP contribution < -0.4 is 11.1 Å². The Balaban J connectivity index is 1.91. The van der Waals surface area contributed by atoms with Gasteiger partial charge in [-0.1, -0.05) is 47.5 Å². The van der Waals surface area contributed by atoms with E-state index in [1.807, 2.05) is 12.1 Å². The van der Waals surface area contributed by atoms with Crippen LogP contribution >= 0.6 is 23.2 Å². The molecule has 1 aromatic heterocycles. The van der Waals surface area contributed by atoms with Crippen LogP contribution in [0.3, 0.4) is 0 Å². The van der Waals surface area contributed by atoms with E-state index < -0.39 is 0 Å². The van der Waals surface area contributed by atoms with Crippen LogP contribution in [0.25, 0.3) is 0 Å². The van der Waals surface area contributed by atoms with Crippen LogP contribution in [0.2, 0.25) is 10.0 Å². The minimum atomic E-state index is 0.0194. The monoisotopic (exact) mass is 293 g/mol. The average Bonchev–Trinajstić information content (AvgIpc) is 2.69. The molecule has 3 N–H and O–H groups in total. The Bertz CT molecular complexity index is 615. The average molecular weight is 294 g/mol.